The molecule has 4 atom stereocenters. The Balaban J connectivity index is 0.000000137. The van der Waals surface area contributed by atoms with Crippen molar-refractivity contribution in [3.63, 3.8) is 0 Å². The lowest BCUT2D eigenvalue weighted by molar-refractivity contribution is -0.146. The van der Waals surface area contributed by atoms with Gasteiger partial charge in [0.1, 0.15) is 0 Å². The van der Waals surface area contributed by atoms with E-state index in [1.807, 2.05) is 6.07 Å². The second kappa shape index (κ2) is 10.3. The van der Waals surface area contributed by atoms with Gasteiger partial charge in [-0.05, 0) is 72.2 Å². The first-order valence-corrected chi connectivity index (χ1v) is 15.0. The molecule has 4 nitrogen and oxygen atoms in total. The van der Waals surface area contributed by atoms with Crippen LogP contribution in [0.2, 0.25) is 0 Å². The molecule has 42 heavy (non-hydrogen) atoms. The number of rotatable bonds is 4. The lowest BCUT2D eigenvalue weighted by atomic mass is 9.74. The van der Waals surface area contributed by atoms with E-state index in [2.05, 4.69) is 105 Å². The molecule has 2 aliphatic carbocycles. The summed E-state index contributed by atoms with van der Waals surface area (Å²) in [7, 11) is 0. The fraction of sp³-hybridized carbons (Fsp3) is 0.316. The molecule has 4 aliphatic rings. The predicted molar refractivity (Wildman–Crippen MR) is 166 cm³/mol. The summed E-state index contributed by atoms with van der Waals surface area (Å²) in [5, 5.41) is 4.94. The Kier molecular flexibility index (Phi) is 6.53. The lowest BCUT2D eigenvalue weighted by Crippen LogP contribution is -2.32. The SMILES string of the molecule is CC1=CC2(Cc3ccc4ccccc4c3)C(=O)OCC2C1.CC1=CC2COC(=O)C2(Cc2ccc3ccccc3c2)C1. The smallest absolute Gasteiger partial charge is 0.316 e. The average Bonchev–Trinajstić information content (AvgIpc) is 3.67. The van der Waals surface area contributed by atoms with Crippen LogP contribution in [0.4, 0.5) is 0 Å². The standard InChI is InChI=1S/2C19H18O2/c2*1-13-8-17-12-21-18(20)19(17,10-13)11-14-6-7-15-4-2-3-5-16(15)9-14/h2-7,9-10,17H,8,11-12H2,1H3;2-9,17H,10-12H2,1H3. The van der Waals surface area contributed by atoms with Gasteiger partial charge < -0.3 is 9.47 Å². The van der Waals surface area contributed by atoms with Crippen LogP contribution < -0.4 is 0 Å². The van der Waals surface area contributed by atoms with Gasteiger partial charge in [0.25, 0.3) is 0 Å². The molecule has 2 aliphatic heterocycles. The summed E-state index contributed by atoms with van der Waals surface area (Å²) in [5.41, 5.74) is 4.29. The fourth-order valence-corrected chi connectivity index (χ4v) is 7.79. The molecule has 2 heterocycles. The van der Waals surface area contributed by atoms with Crippen molar-refractivity contribution in [2.75, 3.05) is 13.2 Å². The second-order valence-corrected chi connectivity index (χ2v) is 12.8. The van der Waals surface area contributed by atoms with E-state index >= 15 is 0 Å². The maximum Gasteiger partial charge on any atom is 0.316 e. The number of carbonyl (C=O) groups excluding carboxylic acids is 2. The van der Waals surface area contributed by atoms with E-state index in [9.17, 15) is 9.59 Å². The van der Waals surface area contributed by atoms with Gasteiger partial charge in [-0.25, -0.2) is 0 Å². The first-order chi connectivity index (χ1) is 20.3. The second-order valence-electron chi connectivity index (χ2n) is 12.8. The number of cyclic esters (lactones) is 2. The molecule has 0 aromatic heterocycles. The van der Waals surface area contributed by atoms with Crippen LogP contribution in [-0.4, -0.2) is 25.2 Å². The third-order valence-electron chi connectivity index (χ3n) is 9.83. The molecule has 4 unspecified atom stereocenters. The third kappa shape index (κ3) is 4.54. The number of allylic oxidation sites excluding steroid dienone is 2. The van der Waals surface area contributed by atoms with Crippen LogP contribution in [0.3, 0.4) is 0 Å². The minimum atomic E-state index is -0.424. The predicted octanol–water partition coefficient (Wildman–Crippen LogP) is 7.78. The fourth-order valence-electron chi connectivity index (χ4n) is 7.79. The van der Waals surface area contributed by atoms with Gasteiger partial charge in [-0.2, -0.15) is 0 Å². The van der Waals surface area contributed by atoms with E-state index in [4.69, 9.17) is 9.47 Å². The normalized spacial score (nSPS) is 27.6. The monoisotopic (exact) mass is 556 g/mol. The average molecular weight is 557 g/mol. The topological polar surface area (TPSA) is 52.6 Å². The van der Waals surface area contributed by atoms with E-state index in [0.29, 0.717) is 19.1 Å². The van der Waals surface area contributed by atoms with Crippen molar-refractivity contribution in [3.05, 3.63) is 119 Å². The summed E-state index contributed by atoms with van der Waals surface area (Å²) in [6.45, 7) is 5.35. The van der Waals surface area contributed by atoms with E-state index in [-0.39, 0.29) is 23.3 Å². The van der Waals surface area contributed by atoms with Crippen LogP contribution in [0.5, 0.6) is 0 Å². The zero-order chi connectivity index (χ0) is 28.9. The summed E-state index contributed by atoms with van der Waals surface area (Å²) >= 11 is 0. The molecule has 0 amide bonds. The highest BCUT2D eigenvalue weighted by atomic mass is 16.5. The minimum absolute atomic E-state index is 0.0197. The van der Waals surface area contributed by atoms with Crippen LogP contribution >= 0.6 is 0 Å². The summed E-state index contributed by atoms with van der Waals surface area (Å²) in [5.74, 6) is 0.499. The van der Waals surface area contributed by atoms with Crippen LogP contribution in [0.1, 0.15) is 37.8 Å². The molecule has 0 radical (unpaired) electrons. The molecule has 212 valence electrons. The van der Waals surface area contributed by atoms with Crippen molar-refractivity contribution in [3.8, 4) is 0 Å². The minimum Gasteiger partial charge on any atom is -0.465 e. The van der Waals surface area contributed by atoms with Crippen LogP contribution in [-0.2, 0) is 31.9 Å². The van der Waals surface area contributed by atoms with E-state index in [1.54, 1.807) is 0 Å². The van der Waals surface area contributed by atoms with Crippen molar-refractivity contribution in [1.82, 2.24) is 0 Å². The van der Waals surface area contributed by atoms with Crippen LogP contribution in [0.15, 0.2) is 108 Å². The summed E-state index contributed by atoms with van der Waals surface area (Å²) < 4.78 is 10.7. The van der Waals surface area contributed by atoms with Crippen LogP contribution in [0.25, 0.3) is 21.5 Å². The third-order valence-corrected chi connectivity index (χ3v) is 9.83. The maximum atomic E-state index is 12.3. The summed E-state index contributed by atoms with van der Waals surface area (Å²) in [6.07, 6.45) is 7.73. The Hall–Kier alpha value is -4.18. The molecule has 0 N–H and O–H groups in total. The lowest BCUT2D eigenvalue weighted by Gasteiger charge is -2.25. The Labute approximate surface area is 247 Å². The highest BCUT2D eigenvalue weighted by Gasteiger charge is 2.54. The molecule has 2 saturated heterocycles. The van der Waals surface area contributed by atoms with Gasteiger partial charge in [0.15, 0.2) is 0 Å². The number of hydrogen-bond acceptors (Lipinski definition) is 4. The molecule has 8 rings (SSSR count). The van der Waals surface area contributed by atoms with Crippen LogP contribution in [0, 0.1) is 22.7 Å². The zero-order valence-corrected chi connectivity index (χ0v) is 24.3. The highest BCUT2D eigenvalue weighted by Crippen LogP contribution is 2.50. The Bertz CT molecular complexity index is 1780. The summed E-state index contributed by atoms with van der Waals surface area (Å²) in [4.78, 5) is 24.7. The van der Waals surface area contributed by atoms with Crippen molar-refractivity contribution in [2.45, 2.75) is 39.5 Å². The van der Waals surface area contributed by atoms with Gasteiger partial charge in [-0.1, -0.05) is 108 Å². The summed E-state index contributed by atoms with van der Waals surface area (Å²) in [6, 6.07) is 29.7. The quantitative estimate of drug-likeness (QED) is 0.190. The Morgan fingerprint density at radius 1 is 0.690 bits per heavy atom. The van der Waals surface area contributed by atoms with Crippen molar-refractivity contribution in [2.24, 2.45) is 22.7 Å². The molecule has 0 bridgehead atoms. The molecular weight excluding hydrogens is 520 g/mol. The van der Waals surface area contributed by atoms with Gasteiger partial charge in [0, 0.05) is 11.8 Å². The maximum absolute atomic E-state index is 12.3. The van der Waals surface area contributed by atoms with Crippen molar-refractivity contribution < 1.29 is 19.1 Å². The molecule has 4 heteroatoms. The Morgan fingerprint density at radius 2 is 1.29 bits per heavy atom. The first-order valence-electron chi connectivity index (χ1n) is 15.0. The Morgan fingerprint density at radius 3 is 1.95 bits per heavy atom. The van der Waals surface area contributed by atoms with Gasteiger partial charge in [0.05, 0.1) is 24.0 Å². The van der Waals surface area contributed by atoms with E-state index < -0.39 is 5.41 Å². The molecule has 2 fully saturated rings. The molecular formula is C38H36O4. The van der Waals surface area contributed by atoms with Gasteiger partial charge >= 0.3 is 11.9 Å². The molecule has 4 aromatic carbocycles. The van der Waals surface area contributed by atoms with Crippen molar-refractivity contribution in [1.29, 1.82) is 0 Å². The number of ether oxygens (including phenoxy) is 2. The van der Waals surface area contributed by atoms with E-state index in [1.165, 1.54) is 43.8 Å². The van der Waals surface area contributed by atoms with Gasteiger partial charge in [-0.15, -0.1) is 0 Å². The first kappa shape index (κ1) is 26.7. The molecule has 4 aromatic rings. The number of esters is 2. The van der Waals surface area contributed by atoms with Gasteiger partial charge in [-0.3, -0.25) is 9.59 Å². The number of hydrogen-bond donors (Lipinski definition) is 0. The van der Waals surface area contributed by atoms with Gasteiger partial charge in [0.2, 0.25) is 0 Å². The molecule has 0 saturated carbocycles. The number of fused-ring (bicyclic) bond motifs is 4. The van der Waals surface area contributed by atoms with Crippen molar-refractivity contribution >= 4 is 33.5 Å². The highest BCUT2D eigenvalue weighted by molar-refractivity contribution is 5.86. The largest absolute Gasteiger partial charge is 0.465 e. The molecule has 0 spiro atoms. The number of carbonyl (C=O) groups is 2. The number of benzene rings is 4. The zero-order valence-electron chi connectivity index (χ0n) is 24.3. The van der Waals surface area contributed by atoms with E-state index in [0.717, 1.165) is 25.7 Å².